The third-order valence-electron chi connectivity index (χ3n) is 2.40. The van der Waals surface area contributed by atoms with E-state index in [1.807, 2.05) is 37.3 Å². The van der Waals surface area contributed by atoms with Crippen LogP contribution in [-0.4, -0.2) is 12.4 Å². The fraction of sp³-hybridized carbons (Fsp3) is 0.154. The molecule has 94 valence electrons. The number of allylic oxidation sites excluding steroid dienone is 1. The molecule has 1 rings (SSSR count). The van der Waals surface area contributed by atoms with Crippen LogP contribution in [0.25, 0.3) is 6.08 Å². The average molecular weight is 243 g/mol. The summed E-state index contributed by atoms with van der Waals surface area (Å²) in [5.74, 6) is 5.36. The van der Waals surface area contributed by atoms with Crippen LogP contribution < -0.4 is 11.2 Å². The number of nitrogens with one attached hydrogen (secondary N) is 2. The van der Waals surface area contributed by atoms with Gasteiger partial charge in [0.25, 0.3) is 0 Å². The van der Waals surface area contributed by atoms with E-state index in [0.717, 1.165) is 17.8 Å². The Morgan fingerprint density at radius 1 is 1.56 bits per heavy atom. The van der Waals surface area contributed by atoms with E-state index < -0.39 is 0 Å². The lowest BCUT2D eigenvalue weighted by Gasteiger charge is -2.09. The van der Waals surface area contributed by atoms with Crippen molar-refractivity contribution < 1.29 is 0 Å². The zero-order valence-corrected chi connectivity index (χ0v) is 10.4. The van der Waals surface area contributed by atoms with Crippen LogP contribution in [0.4, 0.5) is 5.69 Å². The fourth-order valence-corrected chi connectivity index (χ4v) is 1.49. The standard InChI is InChI=1S/C13H17N5/c1-3-5-8-16-12-7-6-11(9-10(12)4-2)13(17-14)18-15/h3-7,9,14,16H,2,8,15H2,1H3/b5-3+,17-14?,18-13-. The second kappa shape index (κ2) is 7.01. The molecule has 0 aromatic heterocycles. The number of rotatable bonds is 5. The fourth-order valence-electron chi connectivity index (χ4n) is 1.49. The average Bonchev–Trinajstić information content (AvgIpc) is 2.41. The summed E-state index contributed by atoms with van der Waals surface area (Å²) < 4.78 is 0. The first-order valence-corrected chi connectivity index (χ1v) is 5.54. The second-order valence-corrected chi connectivity index (χ2v) is 3.52. The van der Waals surface area contributed by atoms with Gasteiger partial charge in [-0.15, -0.1) is 5.11 Å². The maximum absolute atomic E-state index is 6.98. The Morgan fingerprint density at radius 3 is 2.89 bits per heavy atom. The molecule has 0 spiro atoms. The van der Waals surface area contributed by atoms with Gasteiger partial charge in [-0.25, -0.2) is 5.53 Å². The van der Waals surface area contributed by atoms with E-state index in [1.165, 1.54) is 0 Å². The van der Waals surface area contributed by atoms with Gasteiger partial charge >= 0.3 is 0 Å². The molecule has 4 N–H and O–H groups in total. The number of hydrogen-bond donors (Lipinski definition) is 3. The molecule has 0 saturated carbocycles. The molecule has 5 heteroatoms. The van der Waals surface area contributed by atoms with Crippen molar-refractivity contribution in [2.45, 2.75) is 6.92 Å². The van der Waals surface area contributed by atoms with Crippen LogP contribution in [0, 0.1) is 5.53 Å². The first-order valence-electron chi connectivity index (χ1n) is 5.54. The van der Waals surface area contributed by atoms with Crippen molar-refractivity contribution in [1.82, 2.24) is 0 Å². The number of amidine groups is 1. The van der Waals surface area contributed by atoms with E-state index >= 15 is 0 Å². The maximum atomic E-state index is 6.98. The van der Waals surface area contributed by atoms with Crippen LogP contribution in [-0.2, 0) is 0 Å². The molecular formula is C13H17N5. The molecule has 0 aliphatic carbocycles. The van der Waals surface area contributed by atoms with E-state index in [2.05, 4.69) is 22.1 Å². The van der Waals surface area contributed by atoms with Crippen LogP contribution in [0.3, 0.4) is 0 Å². The zero-order valence-electron chi connectivity index (χ0n) is 10.4. The summed E-state index contributed by atoms with van der Waals surface area (Å²) in [6.07, 6.45) is 5.74. The molecule has 0 atom stereocenters. The molecule has 0 aliphatic rings. The molecule has 0 heterocycles. The number of nitrogens with two attached hydrogens (primary N) is 1. The highest BCUT2D eigenvalue weighted by molar-refractivity contribution is 5.99. The van der Waals surface area contributed by atoms with E-state index in [4.69, 9.17) is 11.4 Å². The lowest BCUT2D eigenvalue weighted by Crippen LogP contribution is -2.04. The van der Waals surface area contributed by atoms with Crippen LogP contribution in [0.1, 0.15) is 18.1 Å². The quantitative estimate of drug-likeness (QED) is 0.185. The normalized spacial score (nSPS) is 11.5. The summed E-state index contributed by atoms with van der Waals surface area (Å²) in [5.41, 5.74) is 9.56. The zero-order chi connectivity index (χ0) is 13.4. The van der Waals surface area contributed by atoms with E-state index in [0.29, 0.717) is 5.56 Å². The van der Waals surface area contributed by atoms with Gasteiger partial charge in [0.2, 0.25) is 0 Å². The van der Waals surface area contributed by atoms with Crippen molar-refractivity contribution in [2.75, 3.05) is 11.9 Å². The summed E-state index contributed by atoms with van der Waals surface area (Å²) in [6, 6.07) is 5.55. The first kappa shape index (κ1) is 13.6. The molecule has 5 nitrogen and oxygen atoms in total. The third kappa shape index (κ3) is 3.28. The summed E-state index contributed by atoms with van der Waals surface area (Å²) in [7, 11) is 0. The summed E-state index contributed by atoms with van der Waals surface area (Å²) in [4.78, 5) is 0. The van der Waals surface area contributed by atoms with Crippen LogP contribution in [0.2, 0.25) is 0 Å². The first-order chi connectivity index (χ1) is 8.76. The van der Waals surface area contributed by atoms with Gasteiger partial charge in [0.15, 0.2) is 5.84 Å². The molecule has 1 aromatic carbocycles. The van der Waals surface area contributed by atoms with Gasteiger partial charge in [0.1, 0.15) is 0 Å². The number of hydrogen-bond acceptors (Lipinski definition) is 4. The van der Waals surface area contributed by atoms with Gasteiger partial charge in [-0.2, -0.15) is 5.10 Å². The minimum Gasteiger partial charge on any atom is -0.381 e. The summed E-state index contributed by atoms with van der Waals surface area (Å²) in [6.45, 7) is 6.48. The smallest absolute Gasteiger partial charge is 0.199 e. The third-order valence-corrected chi connectivity index (χ3v) is 2.40. The van der Waals surface area contributed by atoms with Crippen molar-refractivity contribution in [3.63, 3.8) is 0 Å². The maximum Gasteiger partial charge on any atom is 0.199 e. The Balaban J connectivity index is 3.03. The number of anilines is 1. The van der Waals surface area contributed by atoms with Crippen molar-refractivity contribution >= 4 is 17.6 Å². The van der Waals surface area contributed by atoms with E-state index in [9.17, 15) is 0 Å². The van der Waals surface area contributed by atoms with Gasteiger partial charge < -0.3 is 11.2 Å². The summed E-state index contributed by atoms with van der Waals surface area (Å²) in [5, 5.41) is 9.98. The molecule has 0 fully saturated rings. The van der Waals surface area contributed by atoms with Gasteiger partial charge in [0, 0.05) is 17.8 Å². The van der Waals surface area contributed by atoms with Crippen molar-refractivity contribution in [2.24, 2.45) is 16.1 Å². The van der Waals surface area contributed by atoms with Crippen molar-refractivity contribution in [1.29, 1.82) is 5.53 Å². The molecule has 18 heavy (non-hydrogen) atoms. The molecule has 0 radical (unpaired) electrons. The minimum absolute atomic E-state index is 0.193. The second-order valence-electron chi connectivity index (χ2n) is 3.52. The van der Waals surface area contributed by atoms with Gasteiger partial charge in [-0.05, 0) is 30.7 Å². The Morgan fingerprint density at radius 2 is 2.33 bits per heavy atom. The largest absolute Gasteiger partial charge is 0.381 e. The number of hydrazone groups is 1. The van der Waals surface area contributed by atoms with Crippen molar-refractivity contribution in [3.8, 4) is 0 Å². The monoisotopic (exact) mass is 243 g/mol. The molecule has 0 amide bonds. The Kier molecular flexibility index (Phi) is 5.31. The lowest BCUT2D eigenvalue weighted by molar-refractivity contribution is 1.13. The van der Waals surface area contributed by atoms with E-state index in [-0.39, 0.29) is 5.84 Å². The highest BCUT2D eigenvalue weighted by Crippen LogP contribution is 2.19. The predicted octanol–water partition coefficient (Wildman–Crippen LogP) is 2.97. The van der Waals surface area contributed by atoms with Crippen LogP contribution >= 0.6 is 0 Å². The van der Waals surface area contributed by atoms with Gasteiger partial charge in [-0.1, -0.05) is 24.8 Å². The Labute approximate surface area is 107 Å². The number of nitrogens with zero attached hydrogens (tertiary/aromatic N) is 2. The molecule has 0 bridgehead atoms. The van der Waals surface area contributed by atoms with Crippen LogP contribution in [0.15, 0.2) is 47.1 Å². The Bertz CT molecular complexity index is 488. The Hall–Kier alpha value is -2.43. The van der Waals surface area contributed by atoms with Crippen LogP contribution in [0.5, 0.6) is 0 Å². The SMILES string of the molecule is C=Cc1cc(/C(N=N)=N/N)ccc1NC/C=C/C. The highest BCUT2D eigenvalue weighted by Gasteiger charge is 2.05. The molecule has 0 saturated heterocycles. The predicted molar refractivity (Wildman–Crippen MR) is 75.7 cm³/mol. The lowest BCUT2D eigenvalue weighted by atomic mass is 10.1. The molecular weight excluding hydrogens is 226 g/mol. The van der Waals surface area contributed by atoms with Gasteiger partial charge in [-0.3, -0.25) is 0 Å². The minimum atomic E-state index is 0.193. The molecule has 1 aromatic rings. The number of benzene rings is 1. The summed E-state index contributed by atoms with van der Waals surface area (Å²) >= 11 is 0. The topological polar surface area (TPSA) is 86.6 Å². The van der Waals surface area contributed by atoms with Gasteiger partial charge in [0.05, 0.1) is 0 Å². The highest BCUT2D eigenvalue weighted by atomic mass is 15.2. The molecule has 0 unspecified atom stereocenters. The van der Waals surface area contributed by atoms with E-state index in [1.54, 1.807) is 6.08 Å². The molecule has 0 aliphatic heterocycles. The van der Waals surface area contributed by atoms with Crippen molar-refractivity contribution in [3.05, 3.63) is 48.1 Å².